The lowest BCUT2D eigenvalue weighted by atomic mass is 9.96. The number of nitrogens with one attached hydrogen (secondary N) is 1. The number of hydrogen-bond acceptors (Lipinski definition) is 2. The van der Waals surface area contributed by atoms with Gasteiger partial charge in [0.05, 0.1) is 5.69 Å². The molecular formula is C14H16N2O. The van der Waals surface area contributed by atoms with Gasteiger partial charge < -0.3 is 0 Å². The Balaban J connectivity index is 2.36. The van der Waals surface area contributed by atoms with Crippen molar-refractivity contribution in [2.75, 3.05) is 0 Å². The predicted octanol–water partition coefficient (Wildman–Crippen LogP) is 2.29. The van der Waals surface area contributed by atoms with Crippen LogP contribution in [-0.2, 0) is 6.42 Å². The fourth-order valence-electron chi connectivity index (χ4n) is 2.14. The summed E-state index contributed by atoms with van der Waals surface area (Å²) in [5, 5.41) is 6.51. The average Bonchev–Trinajstić information content (AvgIpc) is 2.26. The smallest absolute Gasteiger partial charge is 0.264 e. The molecule has 2 aromatic rings. The fourth-order valence-corrected chi connectivity index (χ4v) is 2.14. The van der Waals surface area contributed by atoms with E-state index in [-0.39, 0.29) is 5.56 Å². The first kappa shape index (κ1) is 11.6. The molecule has 1 heterocycles. The number of hydrogen-bond donors (Lipinski definition) is 1. The zero-order valence-corrected chi connectivity index (χ0v) is 10.4. The summed E-state index contributed by atoms with van der Waals surface area (Å²) in [7, 11) is 0. The van der Waals surface area contributed by atoms with Gasteiger partial charge in [0.25, 0.3) is 5.56 Å². The number of H-pyrrole nitrogens is 1. The molecular weight excluding hydrogens is 212 g/mol. The van der Waals surface area contributed by atoms with Crippen molar-refractivity contribution in [3.63, 3.8) is 0 Å². The lowest BCUT2D eigenvalue weighted by molar-refractivity contribution is 0.904. The van der Waals surface area contributed by atoms with Crippen LogP contribution in [0.4, 0.5) is 0 Å². The van der Waals surface area contributed by atoms with Crippen molar-refractivity contribution in [2.45, 2.75) is 27.2 Å². The maximum Gasteiger partial charge on any atom is 0.264 e. The molecule has 0 radical (unpaired) electrons. The van der Waals surface area contributed by atoms with Gasteiger partial charge in [-0.25, -0.2) is 5.10 Å². The molecule has 1 aromatic carbocycles. The zero-order chi connectivity index (χ0) is 12.4. The second-order valence-corrected chi connectivity index (χ2v) is 4.47. The topological polar surface area (TPSA) is 45.8 Å². The molecule has 3 heteroatoms. The monoisotopic (exact) mass is 228 g/mol. The number of aryl methyl sites for hydroxylation is 3. The summed E-state index contributed by atoms with van der Waals surface area (Å²) in [6.07, 6.45) is 0.759. The third kappa shape index (κ3) is 2.61. The minimum absolute atomic E-state index is 0.161. The van der Waals surface area contributed by atoms with Crippen molar-refractivity contribution in [3.05, 3.63) is 62.6 Å². The highest BCUT2D eigenvalue weighted by Crippen LogP contribution is 2.18. The molecule has 2 rings (SSSR count). The Labute approximate surface area is 101 Å². The van der Waals surface area contributed by atoms with Crippen LogP contribution >= 0.6 is 0 Å². The number of aromatic nitrogens is 2. The molecule has 1 aromatic heterocycles. The Hall–Kier alpha value is -1.90. The minimum Gasteiger partial charge on any atom is -0.268 e. The Kier molecular flexibility index (Phi) is 3.09. The van der Waals surface area contributed by atoms with Crippen LogP contribution in [0.2, 0.25) is 0 Å². The van der Waals surface area contributed by atoms with E-state index in [4.69, 9.17) is 0 Å². The summed E-state index contributed by atoms with van der Waals surface area (Å²) in [5.41, 5.74) is 5.84. The Morgan fingerprint density at radius 1 is 1.12 bits per heavy atom. The van der Waals surface area contributed by atoms with Crippen LogP contribution in [-0.4, -0.2) is 10.2 Å². The molecule has 0 fully saturated rings. The molecule has 0 spiro atoms. The second kappa shape index (κ2) is 4.53. The zero-order valence-electron chi connectivity index (χ0n) is 10.4. The fraction of sp³-hybridized carbons (Fsp3) is 0.286. The van der Waals surface area contributed by atoms with E-state index in [2.05, 4.69) is 43.1 Å². The molecule has 3 nitrogen and oxygen atoms in total. The molecule has 0 unspecified atom stereocenters. The van der Waals surface area contributed by atoms with Gasteiger partial charge in [0.1, 0.15) is 0 Å². The van der Waals surface area contributed by atoms with E-state index in [1.54, 1.807) is 6.07 Å². The van der Waals surface area contributed by atoms with Crippen molar-refractivity contribution in [2.24, 2.45) is 0 Å². The highest BCUT2D eigenvalue weighted by Gasteiger charge is 2.05. The molecule has 0 atom stereocenters. The third-order valence-electron chi connectivity index (χ3n) is 2.94. The Bertz CT molecular complexity index is 556. The van der Waals surface area contributed by atoms with Crippen molar-refractivity contribution < 1.29 is 0 Å². The van der Waals surface area contributed by atoms with Crippen molar-refractivity contribution in [1.82, 2.24) is 10.2 Å². The normalized spacial score (nSPS) is 10.5. The van der Waals surface area contributed by atoms with Crippen LogP contribution in [0.5, 0.6) is 0 Å². The van der Waals surface area contributed by atoms with Crippen LogP contribution in [0.15, 0.2) is 29.1 Å². The summed E-state index contributed by atoms with van der Waals surface area (Å²) in [4.78, 5) is 10.9. The van der Waals surface area contributed by atoms with Gasteiger partial charge in [-0.2, -0.15) is 5.10 Å². The standard InChI is InChI=1S/C14H16N2O/c1-9-6-10(2)13(11(3)7-9)8-12-4-5-14(17)16-15-12/h4-7H,8H2,1-3H3,(H,16,17). The molecule has 0 aliphatic heterocycles. The van der Waals surface area contributed by atoms with E-state index in [0.29, 0.717) is 0 Å². The maximum absolute atomic E-state index is 10.9. The molecule has 0 aliphatic carbocycles. The Morgan fingerprint density at radius 3 is 2.29 bits per heavy atom. The summed E-state index contributed by atoms with van der Waals surface area (Å²) < 4.78 is 0. The number of benzene rings is 1. The van der Waals surface area contributed by atoms with Gasteiger partial charge >= 0.3 is 0 Å². The predicted molar refractivity (Wildman–Crippen MR) is 68.3 cm³/mol. The van der Waals surface area contributed by atoms with E-state index in [1.807, 2.05) is 0 Å². The minimum atomic E-state index is -0.161. The van der Waals surface area contributed by atoms with Crippen LogP contribution in [0, 0.1) is 20.8 Å². The summed E-state index contributed by atoms with van der Waals surface area (Å²) >= 11 is 0. The molecule has 0 saturated heterocycles. The van der Waals surface area contributed by atoms with E-state index < -0.39 is 0 Å². The molecule has 1 N–H and O–H groups in total. The van der Waals surface area contributed by atoms with E-state index in [1.165, 1.54) is 28.3 Å². The van der Waals surface area contributed by atoms with E-state index in [0.717, 1.165) is 12.1 Å². The molecule has 0 amide bonds. The van der Waals surface area contributed by atoms with E-state index in [9.17, 15) is 4.79 Å². The number of rotatable bonds is 2. The van der Waals surface area contributed by atoms with Gasteiger partial charge in [-0.1, -0.05) is 17.7 Å². The van der Waals surface area contributed by atoms with Crippen molar-refractivity contribution >= 4 is 0 Å². The summed E-state index contributed by atoms with van der Waals surface area (Å²) in [6.45, 7) is 6.32. The SMILES string of the molecule is Cc1cc(C)c(Cc2ccc(=O)[nH]n2)c(C)c1. The van der Waals surface area contributed by atoms with Gasteiger partial charge in [0.2, 0.25) is 0 Å². The largest absolute Gasteiger partial charge is 0.268 e. The van der Waals surface area contributed by atoms with Gasteiger partial charge in [0.15, 0.2) is 0 Å². The Morgan fingerprint density at radius 2 is 1.76 bits per heavy atom. The van der Waals surface area contributed by atoms with Crippen LogP contribution in [0.3, 0.4) is 0 Å². The first-order chi connectivity index (χ1) is 8.06. The lowest BCUT2D eigenvalue weighted by Crippen LogP contribution is -2.08. The summed E-state index contributed by atoms with van der Waals surface area (Å²) in [5.74, 6) is 0. The quantitative estimate of drug-likeness (QED) is 0.857. The molecule has 0 bridgehead atoms. The van der Waals surface area contributed by atoms with Crippen LogP contribution < -0.4 is 5.56 Å². The molecule has 17 heavy (non-hydrogen) atoms. The van der Waals surface area contributed by atoms with Gasteiger partial charge in [-0.05, 0) is 43.5 Å². The highest BCUT2D eigenvalue weighted by atomic mass is 16.1. The molecule has 0 saturated carbocycles. The number of nitrogens with zero attached hydrogens (tertiary/aromatic N) is 1. The van der Waals surface area contributed by atoms with E-state index >= 15 is 0 Å². The van der Waals surface area contributed by atoms with Crippen molar-refractivity contribution in [1.29, 1.82) is 0 Å². The third-order valence-corrected chi connectivity index (χ3v) is 2.94. The van der Waals surface area contributed by atoms with Gasteiger partial charge in [0, 0.05) is 12.5 Å². The van der Waals surface area contributed by atoms with Crippen molar-refractivity contribution in [3.8, 4) is 0 Å². The maximum atomic E-state index is 10.9. The second-order valence-electron chi connectivity index (χ2n) is 4.47. The van der Waals surface area contributed by atoms with Crippen LogP contribution in [0.1, 0.15) is 27.9 Å². The first-order valence-electron chi connectivity index (χ1n) is 5.67. The highest BCUT2D eigenvalue weighted by molar-refractivity contribution is 5.39. The average molecular weight is 228 g/mol. The number of aromatic amines is 1. The lowest BCUT2D eigenvalue weighted by Gasteiger charge is -2.10. The van der Waals surface area contributed by atoms with Crippen LogP contribution in [0.25, 0.3) is 0 Å². The molecule has 0 aliphatic rings. The van der Waals surface area contributed by atoms with Gasteiger partial charge in [-0.3, -0.25) is 4.79 Å². The molecule has 88 valence electrons. The van der Waals surface area contributed by atoms with Gasteiger partial charge in [-0.15, -0.1) is 0 Å². The summed E-state index contributed by atoms with van der Waals surface area (Å²) in [6, 6.07) is 7.64. The first-order valence-corrected chi connectivity index (χ1v) is 5.67.